The number of carbonyl (C=O) groups excluding carboxylic acids is 1. The van der Waals surface area contributed by atoms with Crippen molar-refractivity contribution in [1.82, 2.24) is 5.32 Å². The fourth-order valence-electron chi connectivity index (χ4n) is 0.630. The molecule has 1 atom stereocenters. The van der Waals surface area contributed by atoms with E-state index in [0.29, 0.717) is 18.3 Å². The van der Waals surface area contributed by atoms with Gasteiger partial charge in [-0.1, -0.05) is 20.8 Å². The number of hydrogen-bond acceptors (Lipinski definition) is 1. The second-order valence-corrected chi connectivity index (χ2v) is 3.10. The van der Waals surface area contributed by atoms with E-state index in [1.165, 1.54) is 0 Å². The molecule has 0 bridgehead atoms. The van der Waals surface area contributed by atoms with Crippen LogP contribution in [-0.4, -0.2) is 13.0 Å². The van der Waals surface area contributed by atoms with E-state index in [0.717, 1.165) is 0 Å². The van der Waals surface area contributed by atoms with E-state index in [1.807, 2.05) is 0 Å². The molecule has 0 spiro atoms. The highest BCUT2D eigenvalue weighted by Crippen LogP contribution is 2.12. The van der Waals surface area contributed by atoms with Gasteiger partial charge in [-0.05, 0) is 11.8 Å². The van der Waals surface area contributed by atoms with Crippen LogP contribution >= 0.6 is 0 Å². The maximum atomic E-state index is 10.8. The van der Waals surface area contributed by atoms with Crippen molar-refractivity contribution in [3.8, 4) is 0 Å². The van der Waals surface area contributed by atoms with Gasteiger partial charge in [-0.25, -0.2) is 0 Å². The van der Waals surface area contributed by atoms with Crippen LogP contribution < -0.4 is 5.32 Å². The molecule has 0 fully saturated rings. The monoisotopic (exact) mass is 143 g/mol. The van der Waals surface area contributed by atoms with Crippen molar-refractivity contribution in [2.75, 3.05) is 7.05 Å². The van der Waals surface area contributed by atoms with Crippen LogP contribution in [0.4, 0.5) is 0 Å². The van der Waals surface area contributed by atoms with Crippen LogP contribution in [0.5, 0.6) is 0 Å². The van der Waals surface area contributed by atoms with Crippen molar-refractivity contribution >= 4 is 5.91 Å². The summed E-state index contributed by atoms with van der Waals surface area (Å²) in [5.41, 5.74) is 0. The van der Waals surface area contributed by atoms with Gasteiger partial charge in [0.1, 0.15) is 0 Å². The van der Waals surface area contributed by atoms with Crippen molar-refractivity contribution in [2.24, 2.45) is 11.8 Å². The average molecular weight is 143 g/mol. The van der Waals surface area contributed by atoms with Gasteiger partial charge in [0.15, 0.2) is 0 Å². The lowest BCUT2D eigenvalue weighted by molar-refractivity contribution is -0.121. The number of carbonyl (C=O) groups is 1. The van der Waals surface area contributed by atoms with Crippen molar-refractivity contribution in [1.29, 1.82) is 0 Å². The standard InChI is InChI=1S/C8H17NO/c1-6(2)7(3)5-8(10)9-4/h6-7H,5H2,1-4H3,(H,9,10)/t7-/m1/s1. The summed E-state index contributed by atoms with van der Waals surface area (Å²) in [6, 6.07) is 0. The van der Waals surface area contributed by atoms with Gasteiger partial charge in [0.25, 0.3) is 0 Å². The number of rotatable bonds is 3. The minimum atomic E-state index is 0.140. The predicted molar refractivity (Wildman–Crippen MR) is 42.7 cm³/mol. The molecule has 1 amide bonds. The summed E-state index contributed by atoms with van der Waals surface area (Å²) in [5.74, 6) is 1.22. The maximum absolute atomic E-state index is 10.8. The maximum Gasteiger partial charge on any atom is 0.220 e. The van der Waals surface area contributed by atoms with Crippen LogP contribution in [0.1, 0.15) is 27.2 Å². The molecule has 0 unspecified atom stereocenters. The van der Waals surface area contributed by atoms with Gasteiger partial charge in [0.2, 0.25) is 5.91 Å². The van der Waals surface area contributed by atoms with Crippen LogP contribution in [0.15, 0.2) is 0 Å². The van der Waals surface area contributed by atoms with Gasteiger partial charge in [0.05, 0.1) is 0 Å². The van der Waals surface area contributed by atoms with E-state index < -0.39 is 0 Å². The van der Waals surface area contributed by atoms with Crippen LogP contribution in [0, 0.1) is 11.8 Å². The van der Waals surface area contributed by atoms with E-state index in [1.54, 1.807) is 7.05 Å². The third kappa shape index (κ3) is 3.49. The highest BCUT2D eigenvalue weighted by molar-refractivity contribution is 5.75. The Kier molecular flexibility index (Phi) is 4.08. The predicted octanol–water partition coefficient (Wildman–Crippen LogP) is 1.41. The molecule has 0 rings (SSSR count). The number of amides is 1. The van der Waals surface area contributed by atoms with Crippen LogP contribution in [-0.2, 0) is 4.79 Å². The van der Waals surface area contributed by atoms with Crippen molar-refractivity contribution in [3.05, 3.63) is 0 Å². The summed E-state index contributed by atoms with van der Waals surface area (Å²) in [6.07, 6.45) is 0.647. The topological polar surface area (TPSA) is 29.1 Å². The minimum absolute atomic E-state index is 0.140. The molecule has 0 aliphatic heterocycles. The molecule has 10 heavy (non-hydrogen) atoms. The van der Waals surface area contributed by atoms with Gasteiger partial charge in [-0.2, -0.15) is 0 Å². The molecule has 2 heteroatoms. The molecular weight excluding hydrogens is 126 g/mol. The molecule has 0 aromatic carbocycles. The zero-order valence-corrected chi connectivity index (χ0v) is 7.27. The summed E-state index contributed by atoms with van der Waals surface area (Å²) in [5, 5.41) is 2.61. The Balaban J connectivity index is 3.57. The molecular formula is C8H17NO. The molecule has 0 aromatic rings. The largest absolute Gasteiger partial charge is 0.359 e. The third-order valence-corrected chi connectivity index (χ3v) is 1.92. The molecule has 1 N–H and O–H groups in total. The van der Waals surface area contributed by atoms with Crippen LogP contribution in [0.25, 0.3) is 0 Å². The second kappa shape index (κ2) is 4.31. The van der Waals surface area contributed by atoms with Crippen molar-refractivity contribution in [2.45, 2.75) is 27.2 Å². The first-order valence-electron chi connectivity index (χ1n) is 3.78. The molecule has 0 aliphatic carbocycles. The Hall–Kier alpha value is -0.530. The van der Waals surface area contributed by atoms with Gasteiger partial charge >= 0.3 is 0 Å². The lowest BCUT2D eigenvalue weighted by Crippen LogP contribution is -2.22. The SMILES string of the molecule is CNC(=O)C[C@@H](C)C(C)C. The molecule has 0 aliphatic rings. The average Bonchev–Trinajstić information content (AvgIpc) is 1.87. The molecule has 2 nitrogen and oxygen atoms in total. The molecule has 0 saturated carbocycles. The van der Waals surface area contributed by atoms with E-state index in [9.17, 15) is 4.79 Å². The highest BCUT2D eigenvalue weighted by Gasteiger charge is 2.10. The van der Waals surface area contributed by atoms with Gasteiger partial charge in [0, 0.05) is 13.5 Å². The summed E-state index contributed by atoms with van der Waals surface area (Å²) in [4.78, 5) is 10.8. The summed E-state index contributed by atoms with van der Waals surface area (Å²) in [6.45, 7) is 6.36. The number of hydrogen-bond donors (Lipinski definition) is 1. The van der Waals surface area contributed by atoms with E-state index >= 15 is 0 Å². The first-order valence-corrected chi connectivity index (χ1v) is 3.78. The normalized spacial score (nSPS) is 13.3. The summed E-state index contributed by atoms with van der Waals surface area (Å²) >= 11 is 0. The Labute approximate surface area is 63.0 Å². The van der Waals surface area contributed by atoms with E-state index in [2.05, 4.69) is 26.1 Å². The minimum Gasteiger partial charge on any atom is -0.359 e. The van der Waals surface area contributed by atoms with Crippen LogP contribution in [0.2, 0.25) is 0 Å². The third-order valence-electron chi connectivity index (χ3n) is 1.92. The Morgan fingerprint density at radius 2 is 1.90 bits per heavy atom. The molecule has 0 aromatic heterocycles. The number of nitrogens with one attached hydrogen (secondary N) is 1. The fraction of sp³-hybridized carbons (Fsp3) is 0.875. The Morgan fingerprint density at radius 3 is 2.20 bits per heavy atom. The second-order valence-electron chi connectivity index (χ2n) is 3.10. The van der Waals surface area contributed by atoms with Gasteiger partial charge in [-0.3, -0.25) is 4.79 Å². The fourth-order valence-corrected chi connectivity index (χ4v) is 0.630. The molecule has 0 saturated heterocycles. The Morgan fingerprint density at radius 1 is 1.40 bits per heavy atom. The molecule has 0 radical (unpaired) electrons. The summed E-state index contributed by atoms with van der Waals surface area (Å²) in [7, 11) is 1.68. The van der Waals surface area contributed by atoms with Crippen molar-refractivity contribution in [3.63, 3.8) is 0 Å². The lowest BCUT2D eigenvalue weighted by Gasteiger charge is -2.13. The highest BCUT2D eigenvalue weighted by atomic mass is 16.1. The lowest BCUT2D eigenvalue weighted by atomic mass is 9.94. The Bertz CT molecular complexity index is 110. The van der Waals surface area contributed by atoms with Crippen molar-refractivity contribution < 1.29 is 4.79 Å². The van der Waals surface area contributed by atoms with E-state index in [-0.39, 0.29) is 5.91 Å². The zero-order chi connectivity index (χ0) is 8.15. The van der Waals surface area contributed by atoms with Gasteiger partial charge in [-0.15, -0.1) is 0 Å². The first-order chi connectivity index (χ1) is 4.57. The van der Waals surface area contributed by atoms with Crippen LogP contribution in [0.3, 0.4) is 0 Å². The first kappa shape index (κ1) is 9.47. The van der Waals surface area contributed by atoms with E-state index in [4.69, 9.17) is 0 Å². The molecule has 0 heterocycles. The molecule has 60 valence electrons. The van der Waals surface area contributed by atoms with Gasteiger partial charge < -0.3 is 5.32 Å². The quantitative estimate of drug-likeness (QED) is 0.636. The zero-order valence-electron chi connectivity index (χ0n) is 7.27. The smallest absolute Gasteiger partial charge is 0.220 e. The summed E-state index contributed by atoms with van der Waals surface area (Å²) < 4.78 is 0.